The summed E-state index contributed by atoms with van der Waals surface area (Å²) in [6, 6.07) is 5.67. The van der Waals surface area contributed by atoms with Crippen LogP contribution >= 0.6 is 27.5 Å². The maximum atomic E-state index is 11.0. The summed E-state index contributed by atoms with van der Waals surface area (Å²) in [6.45, 7) is 0. The van der Waals surface area contributed by atoms with Crippen molar-refractivity contribution in [1.82, 2.24) is 0 Å². The van der Waals surface area contributed by atoms with Gasteiger partial charge in [0.15, 0.2) is 0 Å². The van der Waals surface area contributed by atoms with Gasteiger partial charge >= 0.3 is 5.97 Å². The van der Waals surface area contributed by atoms with Crippen LogP contribution in [0.4, 0.5) is 0 Å². The molecule has 0 bridgehead atoms. The molecule has 5 heteroatoms. The zero-order valence-corrected chi connectivity index (χ0v) is 11.9. The van der Waals surface area contributed by atoms with Crippen LogP contribution in [0.5, 0.6) is 0 Å². The molecule has 1 rings (SSSR count). The van der Waals surface area contributed by atoms with Gasteiger partial charge in [-0.25, -0.2) is 0 Å². The van der Waals surface area contributed by atoms with Crippen LogP contribution in [0.1, 0.15) is 18.4 Å². The Hall–Kier alpha value is -0.580. The summed E-state index contributed by atoms with van der Waals surface area (Å²) in [4.78, 5) is 11.0. The molecule has 0 aliphatic rings. The van der Waals surface area contributed by atoms with Crippen LogP contribution in [0.2, 0.25) is 5.02 Å². The Morgan fingerprint density at radius 3 is 2.88 bits per heavy atom. The van der Waals surface area contributed by atoms with Gasteiger partial charge in [-0.1, -0.05) is 17.7 Å². The van der Waals surface area contributed by atoms with Crippen LogP contribution in [0.3, 0.4) is 0 Å². The lowest BCUT2D eigenvalue weighted by molar-refractivity contribution is -0.140. The molecular formula is C12H15BrClNO2. The van der Waals surface area contributed by atoms with E-state index in [0.717, 1.165) is 10.0 Å². The Bertz CT molecular complexity index is 398. The molecule has 0 spiro atoms. The summed E-state index contributed by atoms with van der Waals surface area (Å²) in [5.74, 6) is -0.228. The van der Waals surface area contributed by atoms with E-state index < -0.39 is 0 Å². The molecule has 0 aliphatic heterocycles. The maximum absolute atomic E-state index is 11.0. The second kappa shape index (κ2) is 6.99. The molecule has 3 nitrogen and oxygen atoms in total. The van der Waals surface area contributed by atoms with Crippen LogP contribution in [0.15, 0.2) is 22.7 Å². The highest BCUT2D eigenvalue weighted by molar-refractivity contribution is 9.10. The highest BCUT2D eigenvalue weighted by Crippen LogP contribution is 2.23. The van der Waals surface area contributed by atoms with E-state index in [1.807, 2.05) is 18.2 Å². The standard InChI is InChI=1S/C12H15BrClNO2/c1-17-12(16)5-3-9(15)6-8-2-4-10(13)11(14)7-8/h2,4,7,9H,3,5-6,15H2,1H3. The van der Waals surface area contributed by atoms with E-state index in [4.69, 9.17) is 17.3 Å². The number of ether oxygens (including phenoxy) is 1. The molecule has 0 saturated heterocycles. The first kappa shape index (κ1) is 14.5. The minimum absolute atomic E-state index is 0.0636. The average Bonchev–Trinajstić information content (AvgIpc) is 2.31. The third-order valence-electron chi connectivity index (χ3n) is 2.43. The fourth-order valence-corrected chi connectivity index (χ4v) is 1.93. The zero-order chi connectivity index (χ0) is 12.8. The summed E-state index contributed by atoms with van der Waals surface area (Å²) in [5, 5.41) is 0.669. The predicted molar refractivity (Wildman–Crippen MR) is 72.1 cm³/mol. The van der Waals surface area contributed by atoms with Crippen molar-refractivity contribution >= 4 is 33.5 Å². The van der Waals surface area contributed by atoms with Gasteiger partial charge in [0.1, 0.15) is 0 Å². The van der Waals surface area contributed by atoms with E-state index in [9.17, 15) is 4.79 Å². The number of carbonyl (C=O) groups is 1. The normalized spacial score (nSPS) is 12.2. The number of rotatable bonds is 5. The van der Waals surface area contributed by atoms with Crippen molar-refractivity contribution in [2.75, 3.05) is 7.11 Å². The van der Waals surface area contributed by atoms with Gasteiger partial charge in [-0.3, -0.25) is 4.79 Å². The molecule has 1 aromatic carbocycles. The lowest BCUT2D eigenvalue weighted by Crippen LogP contribution is -2.24. The number of hydrogen-bond donors (Lipinski definition) is 1. The van der Waals surface area contributed by atoms with Crippen molar-refractivity contribution in [1.29, 1.82) is 0 Å². The predicted octanol–water partition coefficient (Wildman–Crippen LogP) is 2.93. The second-order valence-corrected chi connectivity index (χ2v) is 5.09. The van der Waals surface area contributed by atoms with Crippen molar-refractivity contribution < 1.29 is 9.53 Å². The van der Waals surface area contributed by atoms with E-state index in [2.05, 4.69) is 20.7 Å². The van der Waals surface area contributed by atoms with Gasteiger partial charge in [0.25, 0.3) is 0 Å². The number of esters is 1. The molecule has 0 aliphatic carbocycles. The van der Waals surface area contributed by atoms with E-state index in [1.165, 1.54) is 7.11 Å². The molecule has 0 aromatic heterocycles. The highest BCUT2D eigenvalue weighted by atomic mass is 79.9. The summed E-state index contributed by atoms with van der Waals surface area (Å²) in [5.41, 5.74) is 7.00. The van der Waals surface area contributed by atoms with Crippen molar-refractivity contribution in [3.63, 3.8) is 0 Å². The molecule has 0 amide bonds. The Morgan fingerprint density at radius 1 is 1.59 bits per heavy atom. The third-order valence-corrected chi connectivity index (χ3v) is 3.66. The zero-order valence-electron chi connectivity index (χ0n) is 9.58. The van der Waals surface area contributed by atoms with Crippen molar-refractivity contribution in [3.05, 3.63) is 33.3 Å². The fourth-order valence-electron chi connectivity index (χ4n) is 1.48. The molecule has 94 valence electrons. The topological polar surface area (TPSA) is 52.3 Å². The molecule has 0 heterocycles. The number of nitrogens with two attached hydrogens (primary N) is 1. The minimum atomic E-state index is -0.228. The van der Waals surface area contributed by atoms with Gasteiger partial charge in [0.05, 0.1) is 12.1 Å². The summed E-state index contributed by atoms with van der Waals surface area (Å²) in [6.07, 6.45) is 1.66. The quantitative estimate of drug-likeness (QED) is 0.849. The molecular weight excluding hydrogens is 305 g/mol. The number of carbonyl (C=O) groups excluding carboxylic acids is 1. The maximum Gasteiger partial charge on any atom is 0.305 e. The van der Waals surface area contributed by atoms with Crippen molar-refractivity contribution in [2.24, 2.45) is 5.73 Å². The largest absolute Gasteiger partial charge is 0.469 e. The first-order valence-electron chi connectivity index (χ1n) is 5.29. The fraction of sp³-hybridized carbons (Fsp3) is 0.417. The number of halogens is 2. The Labute approximate surface area is 114 Å². The highest BCUT2D eigenvalue weighted by Gasteiger charge is 2.09. The molecule has 0 radical (unpaired) electrons. The van der Waals surface area contributed by atoms with Gasteiger partial charge in [0, 0.05) is 16.9 Å². The molecule has 2 N–H and O–H groups in total. The van der Waals surface area contributed by atoms with Gasteiger partial charge in [-0.05, 0) is 46.5 Å². The number of benzene rings is 1. The monoisotopic (exact) mass is 319 g/mol. The van der Waals surface area contributed by atoms with Gasteiger partial charge in [-0.15, -0.1) is 0 Å². The lowest BCUT2D eigenvalue weighted by Gasteiger charge is -2.11. The van der Waals surface area contributed by atoms with Crippen LogP contribution in [0, 0.1) is 0 Å². The molecule has 1 atom stereocenters. The van der Waals surface area contributed by atoms with E-state index in [0.29, 0.717) is 24.3 Å². The molecule has 1 aromatic rings. The molecule has 1 unspecified atom stereocenters. The third kappa shape index (κ3) is 5.06. The smallest absolute Gasteiger partial charge is 0.305 e. The van der Waals surface area contributed by atoms with Gasteiger partial charge < -0.3 is 10.5 Å². The molecule has 0 fully saturated rings. The first-order chi connectivity index (χ1) is 8.02. The minimum Gasteiger partial charge on any atom is -0.469 e. The molecule has 0 saturated carbocycles. The second-order valence-electron chi connectivity index (χ2n) is 3.83. The Morgan fingerprint density at radius 2 is 2.29 bits per heavy atom. The van der Waals surface area contributed by atoms with E-state index in [-0.39, 0.29) is 12.0 Å². The van der Waals surface area contributed by atoms with Crippen molar-refractivity contribution in [2.45, 2.75) is 25.3 Å². The van der Waals surface area contributed by atoms with Gasteiger partial charge in [-0.2, -0.15) is 0 Å². The van der Waals surface area contributed by atoms with Crippen LogP contribution in [-0.4, -0.2) is 19.1 Å². The van der Waals surface area contributed by atoms with E-state index in [1.54, 1.807) is 0 Å². The van der Waals surface area contributed by atoms with Crippen LogP contribution in [-0.2, 0) is 16.0 Å². The Kier molecular flexibility index (Phi) is 5.95. The SMILES string of the molecule is COC(=O)CCC(N)Cc1ccc(Br)c(Cl)c1. The van der Waals surface area contributed by atoms with Crippen molar-refractivity contribution in [3.8, 4) is 0 Å². The average molecular weight is 321 g/mol. The Balaban J connectivity index is 2.47. The first-order valence-corrected chi connectivity index (χ1v) is 6.46. The van der Waals surface area contributed by atoms with Crippen LogP contribution in [0.25, 0.3) is 0 Å². The number of hydrogen-bond acceptors (Lipinski definition) is 3. The summed E-state index contributed by atoms with van der Waals surface area (Å²) < 4.78 is 5.43. The summed E-state index contributed by atoms with van der Waals surface area (Å²) in [7, 11) is 1.38. The lowest BCUT2D eigenvalue weighted by atomic mass is 10.0. The summed E-state index contributed by atoms with van der Waals surface area (Å²) >= 11 is 9.32. The van der Waals surface area contributed by atoms with Gasteiger partial charge in [0.2, 0.25) is 0 Å². The van der Waals surface area contributed by atoms with Crippen LogP contribution < -0.4 is 5.73 Å². The van der Waals surface area contributed by atoms with E-state index >= 15 is 0 Å². The number of methoxy groups -OCH3 is 1. The molecule has 17 heavy (non-hydrogen) atoms.